The largest absolute Gasteiger partial charge is 0.508 e. The lowest BCUT2D eigenvalue weighted by Crippen LogP contribution is -2.19. The summed E-state index contributed by atoms with van der Waals surface area (Å²) in [6.45, 7) is 0. The molecule has 0 unspecified atom stereocenters. The van der Waals surface area contributed by atoms with Crippen LogP contribution in [0.1, 0.15) is 18.4 Å². The van der Waals surface area contributed by atoms with Crippen LogP contribution in [0, 0.1) is 0 Å². The van der Waals surface area contributed by atoms with Gasteiger partial charge < -0.3 is 10.8 Å². The molecule has 1 aromatic carbocycles. The first-order chi connectivity index (χ1) is 5.63. The highest BCUT2D eigenvalue weighted by Crippen LogP contribution is 2.48. The zero-order valence-electron chi connectivity index (χ0n) is 6.55. The van der Waals surface area contributed by atoms with Gasteiger partial charge in [-0.1, -0.05) is 17.7 Å². The van der Waals surface area contributed by atoms with Crippen LogP contribution in [0.2, 0.25) is 5.02 Å². The summed E-state index contributed by atoms with van der Waals surface area (Å²) in [7, 11) is 0. The predicted octanol–water partition coefficient (Wildman–Crippen LogP) is 1.99. The van der Waals surface area contributed by atoms with E-state index >= 15 is 0 Å². The van der Waals surface area contributed by atoms with E-state index in [1.807, 2.05) is 0 Å². The van der Waals surface area contributed by atoms with E-state index in [2.05, 4.69) is 0 Å². The van der Waals surface area contributed by atoms with E-state index in [9.17, 15) is 5.11 Å². The number of phenols is 1. The molecule has 0 radical (unpaired) electrons. The summed E-state index contributed by atoms with van der Waals surface area (Å²) in [4.78, 5) is 0. The minimum absolute atomic E-state index is 0.211. The fraction of sp³-hybridized carbons (Fsp3) is 0.333. The van der Waals surface area contributed by atoms with E-state index in [-0.39, 0.29) is 11.3 Å². The van der Waals surface area contributed by atoms with Gasteiger partial charge in [-0.25, -0.2) is 0 Å². The number of rotatable bonds is 1. The number of phenolic OH excluding ortho intramolecular Hbond substituents is 1. The molecule has 0 aromatic heterocycles. The lowest BCUT2D eigenvalue weighted by Gasteiger charge is -2.12. The van der Waals surface area contributed by atoms with Gasteiger partial charge in [-0.2, -0.15) is 0 Å². The van der Waals surface area contributed by atoms with E-state index < -0.39 is 0 Å². The van der Waals surface area contributed by atoms with E-state index in [4.69, 9.17) is 17.3 Å². The first-order valence-corrected chi connectivity index (χ1v) is 4.28. The highest BCUT2D eigenvalue weighted by atomic mass is 35.5. The zero-order chi connectivity index (χ0) is 8.77. The van der Waals surface area contributed by atoms with Gasteiger partial charge in [0.05, 0.1) is 0 Å². The molecule has 2 nitrogen and oxygen atoms in total. The van der Waals surface area contributed by atoms with E-state index in [1.165, 1.54) is 0 Å². The van der Waals surface area contributed by atoms with Crippen LogP contribution in [0.4, 0.5) is 0 Å². The zero-order valence-corrected chi connectivity index (χ0v) is 7.30. The van der Waals surface area contributed by atoms with Gasteiger partial charge in [0.25, 0.3) is 0 Å². The molecule has 0 saturated heterocycles. The Morgan fingerprint density at radius 1 is 1.42 bits per heavy atom. The van der Waals surface area contributed by atoms with Crippen LogP contribution in [-0.4, -0.2) is 5.11 Å². The van der Waals surface area contributed by atoms with E-state index in [1.54, 1.807) is 18.2 Å². The third kappa shape index (κ3) is 1.08. The van der Waals surface area contributed by atoms with E-state index in [0.29, 0.717) is 10.6 Å². The second-order valence-electron chi connectivity index (χ2n) is 3.29. The van der Waals surface area contributed by atoms with Crippen LogP contribution in [0.25, 0.3) is 0 Å². The fourth-order valence-corrected chi connectivity index (χ4v) is 1.75. The monoisotopic (exact) mass is 183 g/mol. The van der Waals surface area contributed by atoms with Crippen LogP contribution >= 0.6 is 11.6 Å². The van der Waals surface area contributed by atoms with Crippen LogP contribution in [0.15, 0.2) is 18.2 Å². The molecule has 1 aliphatic rings. The maximum absolute atomic E-state index is 9.50. The normalized spacial score (nSPS) is 19.2. The van der Waals surface area contributed by atoms with Crippen molar-refractivity contribution in [2.24, 2.45) is 5.73 Å². The average Bonchev–Trinajstić information content (AvgIpc) is 2.68. The van der Waals surface area contributed by atoms with Gasteiger partial charge >= 0.3 is 0 Å². The topological polar surface area (TPSA) is 46.2 Å². The van der Waals surface area contributed by atoms with Crippen molar-refractivity contribution in [1.29, 1.82) is 0 Å². The highest BCUT2D eigenvalue weighted by Gasteiger charge is 2.43. The van der Waals surface area contributed by atoms with Crippen LogP contribution in [0.5, 0.6) is 5.75 Å². The molecule has 0 heterocycles. The minimum atomic E-state index is -0.359. The van der Waals surface area contributed by atoms with Crippen molar-refractivity contribution in [3.8, 4) is 5.75 Å². The molecule has 1 aliphatic carbocycles. The summed E-state index contributed by atoms with van der Waals surface area (Å²) in [6, 6.07) is 5.09. The summed E-state index contributed by atoms with van der Waals surface area (Å²) in [5.74, 6) is 0.211. The van der Waals surface area contributed by atoms with Crippen molar-refractivity contribution in [2.45, 2.75) is 18.4 Å². The Labute approximate surface area is 76.0 Å². The van der Waals surface area contributed by atoms with Gasteiger partial charge in [0, 0.05) is 16.1 Å². The molecule has 0 aliphatic heterocycles. The molecule has 3 heteroatoms. The molecule has 1 saturated carbocycles. The van der Waals surface area contributed by atoms with Crippen molar-refractivity contribution in [3.63, 3.8) is 0 Å². The molecule has 2 rings (SSSR count). The van der Waals surface area contributed by atoms with Crippen LogP contribution in [-0.2, 0) is 5.54 Å². The molecule has 0 bridgehead atoms. The minimum Gasteiger partial charge on any atom is -0.508 e. The Hall–Kier alpha value is -0.730. The van der Waals surface area contributed by atoms with Crippen molar-refractivity contribution < 1.29 is 5.11 Å². The molecule has 0 amide bonds. The Bertz CT molecular complexity index is 300. The molecule has 0 atom stereocenters. The van der Waals surface area contributed by atoms with Crippen molar-refractivity contribution in [1.82, 2.24) is 0 Å². The quantitative estimate of drug-likeness (QED) is 0.700. The van der Waals surface area contributed by atoms with Gasteiger partial charge in [-0.05, 0) is 25.0 Å². The maximum atomic E-state index is 9.50. The highest BCUT2D eigenvalue weighted by molar-refractivity contribution is 6.31. The van der Waals surface area contributed by atoms with Crippen molar-refractivity contribution in [2.75, 3.05) is 0 Å². The Kier molecular flexibility index (Phi) is 1.56. The lowest BCUT2D eigenvalue weighted by atomic mass is 10.0. The smallest absolute Gasteiger partial charge is 0.122 e. The molecule has 3 N–H and O–H groups in total. The standard InChI is InChI=1S/C9H10ClNO/c10-6-2-1-3-7(12)8(6)9(11)4-5-9/h1-3,12H,4-5,11H2. The van der Waals surface area contributed by atoms with Gasteiger partial charge in [-0.3, -0.25) is 0 Å². The second kappa shape index (κ2) is 2.38. The molecular weight excluding hydrogens is 174 g/mol. The number of hydrogen-bond acceptors (Lipinski definition) is 2. The number of halogens is 1. The molecule has 12 heavy (non-hydrogen) atoms. The Balaban J connectivity index is 2.55. The molecule has 0 spiro atoms. The lowest BCUT2D eigenvalue weighted by molar-refractivity contribution is 0.460. The van der Waals surface area contributed by atoms with Gasteiger partial charge in [-0.15, -0.1) is 0 Å². The SMILES string of the molecule is NC1(c2c(O)cccc2Cl)CC1. The second-order valence-corrected chi connectivity index (χ2v) is 3.70. The van der Waals surface area contributed by atoms with Gasteiger partial charge in [0.2, 0.25) is 0 Å². The van der Waals surface area contributed by atoms with Crippen molar-refractivity contribution in [3.05, 3.63) is 28.8 Å². The maximum Gasteiger partial charge on any atom is 0.122 e. The first kappa shape index (κ1) is 7.90. The summed E-state index contributed by atoms with van der Waals surface area (Å²) in [5.41, 5.74) is 6.27. The molecular formula is C9H10ClNO. The van der Waals surface area contributed by atoms with Crippen LogP contribution in [0.3, 0.4) is 0 Å². The Morgan fingerprint density at radius 3 is 2.58 bits per heavy atom. The average molecular weight is 184 g/mol. The number of aromatic hydroxyl groups is 1. The molecule has 1 fully saturated rings. The first-order valence-electron chi connectivity index (χ1n) is 3.90. The predicted molar refractivity (Wildman–Crippen MR) is 48.2 cm³/mol. The van der Waals surface area contributed by atoms with Gasteiger partial charge in [0.1, 0.15) is 5.75 Å². The summed E-state index contributed by atoms with van der Waals surface area (Å²) in [6.07, 6.45) is 1.81. The number of benzene rings is 1. The summed E-state index contributed by atoms with van der Waals surface area (Å²) in [5, 5.41) is 10.1. The summed E-state index contributed by atoms with van der Waals surface area (Å²) < 4.78 is 0. The number of nitrogens with two attached hydrogens (primary N) is 1. The number of hydrogen-bond donors (Lipinski definition) is 2. The van der Waals surface area contributed by atoms with Gasteiger partial charge in [0.15, 0.2) is 0 Å². The Morgan fingerprint density at radius 2 is 2.08 bits per heavy atom. The van der Waals surface area contributed by atoms with Crippen LogP contribution < -0.4 is 5.73 Å². The fourth-order valence-electron chi connectivity index (χ4n) is 1.39. The summed E-state index contributed by atoms with van der Waals surface area (Å²) >= 11 is 5.91. The van der Waals surface area contributed by atoms with E-state index in [0.717, 1.165) is 12.8 Å². The third-order valence-corrected chi connectivity index (χ3v) is 2.59. The molecule has 64 valence electrons. The van der Waals surface area contributed by atoms with Crippen molar-refractivity contribution >= 4 is 11.6 Å². The third-order valence-electron chi connectivity index (χ3n) is 2.28. The molecule has 1 aromatic rings.